The van der Waals surface area contributed by atoms with Crippen molar-refractivity contribution in [3.63, 3.8) is 0 Å². The number of hydrogen-bond acceptors (Lipinski definition) is 7. The van der Waals surface area contributed by atoms with E-state index in [0.29, 0.717) is 23.1 Å². The molecule has 2 N–H and O–H groups in total. The molecule has 0 unspecified atom stereocenters. The largest absolute Gasteiger partial charge is 0.478 e. The average Bonchev–Trinajstić information content (AvgIpc) is 3.28. The summed E-state index contributed by atoms with van der Waals surface area (Å²) < 4.78 is 13.1. The Balaban J connectivity index is 1.45. The average molecular weight is 393 g/mol. The summed E-state index contributed by atoms with van der Waals surface area (Å²) in [4.78, 5) is 22.4. The molecule has 0 radical (unpaired) electrons. The smallest absolute Gasteiger partial charge is 0.335 e. The maximum absolute atomic E-state index is 11.2. The quantitative estimate of drug-likeness (QED) is 0.545. The van der Waals surface area contributed by atoms with E-state index < -0.39 is 5.97 Å². The predicted molar refractivity (Wildman–Crippen MR) is 108 cm³/mol. The summed E-state index contributed by atoms with van der Waals surface area (Å²) in [7, 11) is 1.84. The zero-order valence-corrected chi connectivity index (χ0v) is 15.8. The number of ether oxygens (including phenoxy) is 1. The molecule has 9 heteroatoms. The van der Waals surface area contributed by atoms with Gasteiger partial charge in [0.05, 0.1) is 29.8 Å². The maximum Gasteiger partial charge on any atom is 0.335 e. The molecule has 9 nitrogen and oxygen atoms in total. The van der Waals surface area contributed by atoms with E-state index in [1.807, 2.05) is 29.8 Å². The van der Waals surface area contributed by atoms with Crippen molar-refractivity contribution in [2.75, 3.05) is 36.5 Å². The minimum absolute atomic E-state index is 0.194. The molecular formula is C20H19N5O4. The Morgan fingerprint density at radius 2 is 1.93 bits per heavy atom. The number of rotatable bonds is 4. The van der Waals surface area contributed by atoms with Crippen LogP contribution in [0.4, 0.5) is 17.7 Å². The molecule has 148 valence electrons. The maximum atomic E-state index is 11.2. The molecule has 3 heterocycles. The van der Waals surface area contributed by atoms with Gasteiger partial charge in [0.15, 0.2) is 5.58 Å². The van der Waals surface area contributed by atoms with Crippen LogP contribution in [0.5, 0.6) is 0 Å². The topological polar surface area (TPSA) is 106 Å². The van der Waals surface area contributed by atoms with Crippen LogP contribution >= 0.6 is 0 Å². The highest BCUT2D eigenvalue weighted by atomic mass is 16.5. The number of nitrogens with zero attached hydrogens (tertiary/aromatic N) is 4. The molecule has 4 aromatic rings. The number of aromatic nitrogens is 3. The van der Waals surface area contributed by atoms with Crippen LogP contribution in [0.2, 0.25) is 0 Å². The van der Waals surface area contributed by atoms with Crippen LogP contribution < -0.4 is 10.2 Å². The summed E-state index contributed by atoms with van der Waals surface area (Å²) in [5.74, 6) is -0.468. The van der Waals surface area contributed by atoms with Crippen LogP contribution in [0, 0.1) is 0 Å². The summed E-state index contributed by atoms with van der Waals surface area (Å²) in [6, 6.07) is 11.1. The van der Waals surface area contributed by atoms with E-state index in [9.17, 15) is 4.79 Å². The molecule has 0 bridgehead atoms. The normalized spacial score (nSPS) is 14.6. The lowest BCUT2D eigenvalue weighted by Gasteiger charge is -2.28. The molecule has 0 amide bonds. The lowest BCUT2D eigenvalue weighted by atomic mass is 10.2. The van der Waals surface area contributed by atoms with E-state index in [2.05, 4.69) is 20.2 Å². The fourth-order valence-electron chi connectivity index (χ4n) is 3.53. The molecule has 0 atom stereocenters. The summed E-state index contributed by atoms with van der Waals surface area (Å²) in [5.41, 5.74) is 4.09. The highest BCUT2D eigenvalue weighted by Crippen LogP contribution is 2.28. The van der Waals surface area contributed by atoms with Crippen molar-refractivity contribution in [1.82, 2.24) is 14.5 Å². The van der Waals surface area contributed by atoms with Gasteiger partial charge in [-0.15, -0.1) is 0 Å². The zero-order valence-electron chi connectivity index (χ0n) is 15.8. The van der Waals surface area contributed by atoms with Crippen LogP contribution in [-0.2, 0) is 11.8 Å². The number of carboxylic acids is 1. The monoisotopic (exact) mass is 393 g/mol. The van der Waals surface area contributed by atoms with Crippen LogP contribution in [0.15, 0.2) is 40.8 Å². The van der Waals surface area contributed by atoms with Crippen molar-refractivity contribution >= 4 is 45.8 Å². The lowest BCUT2D eigenvalue weighted by Crippen LogP contribution is -2.36. The number of aromatic carboxylic acids is 1. The SMILES string of the molecule is Cn1c(Nc2nc3ccc(N4CCOCC4)cc3o2)nc2cc(C(=O)O)ccc21. The molecule has 2 aromatic carbocycles. The lowest BCUT2D eigenvalue weighted by molar-refractivity contribution is 0.0697. The second-order valence-electron chi connectivity index (χ2n) is 6.90. The van der Waals surface area contributed by atoms with Gasteiger partial charge in [0.2, 0.25) is 5.95 Å². The van der Waals surface area contributed by atoms with Crippen molar-refractivity contribution in [2.45, 2.75) is 0 Å². The minimum Gasteiger partial charge on any atom is -0.478 e. The van der Waals surface area contributed by atoms with Crippen LogP contribution in [-0.4, -0.2) is 51.9 Å². The van der Waals surface area contributed by atoms with Gasteiger partial charge >= 0.3 is 12.0 Å². The van der Waals surface area contributed by atoms with Gasteiger partial charge in [-0.25, -0.2) is 9.78 Å². The van der Waals surface area contributed by atoms with Crippen LogP contribution in [0.25, 0.3) is 22.1 Å². The number of nitrogens with one attached hydrogen (secondary N) is 1. The Morgan fingerprint density at radius 1 is 1.10 bits per heavy atom. The molecular weight excluding hydrogens is 374 g/mol. The van der Waals surface area contributed by atoms with Crippen molar-refractivity contribution in [1.29, 1.82) is 0 Å². The van der Waals surface area contributed by atoms with Crippen LogP contribution in [0.1, 0.15) is 10.4 Å². The Bertz CT molecular complexity index is 1220. The first-order valence-corrected chi connectivity index (χ1v) is 9.28. The van der Waals surface area contributed by atoms with Gasteiger partial charge in [0.1, 0.15) is 5.52 Å². The van der Waals surface area contributed by atoms with E-state index in [1.165, 1.54) is 0 Å². The van der Waals surface area contributed by atoms with Crippen molar-refractivity contribution < 1.29 is 19.1 Å². The third-order valence-corrected chi connectivity index (χ3v) is 5.09. The third-order valence-electron chi connectivity index (χ3n) is 5.09. The Labute approximate surface area is 165 Å². The summed E-state index contributed by atoms with van der Waals surface area (Å²) in [6.07, 6.45) is 0. The first kappa shape index (κ1) is 17.5. The number of morpholine rings is 1. The molecule has 1 aliphatic heterocycles. The van der Waals surface area contributed by atoms with Gasteiger partial charge in [-0.2, -0.15) is 4.98 Å². The predicted octanol–water partition coefficient (Wildman–Crippen LogP) is 2.99. The number of oxazole rings is 1. The summed E-state index contributed by atoms with van der Waals surface area (Å²) >= 11 is 0. The molecule has 1 aliphatic rings. The standard InChI is InChI=1S/C20H19N5O4/c1-24-16-5-2-12(18(26)27)10-15(16)21-19(24)23-20-22-14-4-3-13(11-17(14)29-20)25-6-8-28-9-7-25/h2-5,10-11H,6-9H2,1H3,(H,26,27)(H,21,22,23). The number of benzene rings is 2. The highest BCUT2D eigenvalue weighted by molar-refractivity contribution is 5.93. The number of imidazole rings is 1. The molecule has 0 spiro atoms. The molecule has 5 rings (SSSR count). The number of fused-ring (bicyclic) bond motifs is 2. The van der Waals surface area contributed by atoms with E-state index in [1.54, 1.807) is 18.2 Å². The van der Waals surface area contributed by atoms with Gasteiger partial charge in [-0.3, -0.25) is 5.32 Å². The third kappa shape index (κ3) is 3.15. The number of carboxylic acid groups (broad SMARTS) is 1. The van der Waals surface area contributed by atoms with E-state index in [0.717, 1.165) is 43.0 Å². The van der Waals surface area contributed by atoms with Gasteiger partial charge in [0, 0.05) is 31.9 Å². The summed E-state index contributed by atoms with van der Waals surface area (Å²) in [6.45, 7) is 3.14. The molecule has 0 saturated carbocycles. The molecule has 2 aromatic heterocycles. The fourth-order valence-corrected chi connectivity index (χ4v) is 3.53. The summed E-state index contributed by atoms with van der Waals surface area (Å²) in [5, 5.41) is 12.3. The van der Waals surface area contributed by atoms with Crippen molar-refractivity contribution in [2.24, 2.45) is 7.05 Å². The number of aryl methyl sites for hydroxylation is 1. The van der Waals surface area contributed by atoms with E-state index in [-0.39, 0.29) is 5.56 Å². The van der Waals surface area contributed by atoms with Crippen molar-refractivity contribution in [3.8, 4) is 0 Å². The first-order valence-electron chi connectivity index (χ1n) is 9.28. The van der Waals surface area contributed by atoms with Gasteiger partial charge in [-0.05, 0) is 30.3 Å². The van der Waals surface area contributed by atoms with Gasteiger partial charge in [0.25, 0.3) is 0 Å². The first-order chi connectivity index (χ1) is 14.1. The van der Waals surface area contributed by atoms with Crippen LogP contribution in [0.3, 0.4) is 0 Å². The molecule has 0 aliphatic carbocycles. The number of carbonyl (C=O) groups is 1. The fraction of sp³-hybridized carbons (Fsp3) is 0.250. The number of hydrogen-bond donors (Lipinski definition) is 2. The second kappa shape index (κ2) is 6.78. The Hall–Kier alpha value is -3.59. The highest BCUT2D eigenvalue weighted by Gasteiger charge is 2.16. The van der Waals surface area contributed by atoms with Gasteiger partial charge < -0.3 is 23.7 Å². The van der Waals surface area contributed by atoms with E-state index >= 15 is 0 Å². The molecule has 29 heavy (non-hydrogen) atoms. The molecule has 1 saturated heterocycles. The number of anilines is 3. The van der Waals surface area contributed by atoms with Crippen molar-refractivity contribution in [3.05, 3.63) is 42.0 Å². The minimum atomic E-state index is -0.984. The van der Waals surface area contributed by atoms with E-state index in [4.69, 9.17) is 14.3 Å². The molecule has 1 fully saturated rings. The zero-order chi connectivity index (χ0) is 20.0. The Kier molecular flexibility index (Phi) is 4.09. The Morgan fingerprint density at radius 3 is 2.72 bits per heavy atom. The van der Waals surface area contributed by atoms with Gasteiger partial charge in [-0.1, -0.05) is 0 Å². The second-order valence-corrected chi connectivity index (χ2v) is 6.90.